The predicted molar refractivity (Wildman–Crippen MR) is 150 cm³/mol. The number of alkyl halides is 3. The van der Waals surface area contributed by atoms with Crippen molar-refractivity contribution in [2.75, 3.05) is 19.5 Å². The number of ether oxygens (including phenoxy) is 2. The average Bonchev–Trinajstić information content (AvgIpc) is 3.36. The SMILES string of the molecule is COc1ccc(NC(=O)[C@H]2[C@H](C(F)(F)F)CC=C3[C@@H]2CCC2=Cc4c(cnn4-c4ccc(F)cc4)C[C@@]23C)cc1OC. The summed E-state index contributed by atoms with van der Waals surface area (Å²) in [6.45, 7) is 2.06. The van der Waals surface area contributed by atoms with Crippen molar-refractivity contribution in [3.05, 3.63) is 83.0 Å². The van der Waals surface area contributed by atoms with Crippen LogP contribution in [-0.4, -0.2) is 36.1 Å². The van der Waals surface area contributed by atoms with E-state index in [-0.39, 0.29) is 12.2 Å². The summed E-state index contributed by atoms with van der Waals surface area (Å²) in [6.07, 6.45) is 2.30. The van der Waals surface area contributed by atoms with E-state index >= 15 is 0 Å². The van der Waals surface area contributed by atoms with Crippen LogP contribution in [0.15, 0.2) is 65.9 Å². The first-order valence-electron chi connectivity index (χ1n) is 13.9. The first-order valence-corrected chi connectivity index (χ1v) is 13.9. The van der Waals surface area contributed by atoms with Gasteiger partial charge < -0.3 is 14.8 Å². The number of nitrogens with one attached hydrogen (secondary N) is 1. The summed E-state index contributed by atoms with van der Waals surface area (Å²) in [7, 11) is 2.93. The van der Waals surface area contributed by atoms with Crippen molar-refractivity contribution in [1.82, 2.24) is 9.78 Å². The third-order valence-corrected chi connectivity index (χ3v) is 9.12. The van der Waals surface area contributed by atoms with Crippen LogP contribution in [0.25, 0.3) is 11.8 Å². The second-order valence-electron chi connectivity index (χ2n) is 11.4. The number of hydrogen-bond acceptors (Lipinski definition) is 4. The fraction of sp³-hybridized carbons (Fsp3) is 0.375. The summed E-state index contributed by atoms with van der Waals surface area (Å²) in [4.78, 5) is 13.7. The molecule has 4 atom stereocenters. The van der Waals surface area contributed by atoms with Crippen LogP contribution in [-0.2, 0) is 11.2 Å². The topological polar surface area (TPSA) is 65.4 Å². The van der Waals surface area contributed by atoms with Crippen LogP contribution in [0.3, 0.4) is 0 Å². The number of amides is 1. The van der Waals surface area contributed by atoms with Crippen molar-refractivity contribution in [3.8, 4) is 17.2 Å². The van der Waals surface area contributed by atoms with Gasteiger partial charge in [0.25, 0.3) is 0 Å². The summed E-state index contributed by atoms with van der Waals surface area (Å²) in [6, 6.07) is 10.8. The van der Waals surface area contributed by atoms with E-state index in [2.05, 4.69) is 23.4 Å². The number of fused-ring (bicyclic) bond motifs is 4. The lowest BCUT2D eigenvalue weighted by molar-refractivity contribution is -0.196. The molecule has 6 rings (SSSR count). The Morgan fingerprint density at radius 3 is 2.52 bits per heavy atom. The Balaban J connectivity index is 1.33. The van der Waals surface area contributed by atoms with Crippen LogP contribution in [0, 0.1) is 29.0 Å². The van der Waals surface area contributed by atoms with Gasteiger partial charge in [0, 0.05) is 17.2 Å². The molecule has 1 amide bonds. The minimum absolute atomic E-state index is 0.260. The van der Waals surface area contributed by atoms with Gasteiger partial charge in [-0.25, -0.2) is 9.07 Å². The number of carbonyl (C=O) groups excluding carboxylic acids is 1. The molecule has 3 aliphatic rings. The smallest absolute Gasteiger partial charge is 0.392 e. The molecule has 220 valence electrons. The van der Waals surface area contributed by atoms with Crippen molar-refractivity contribution in [2.24, 2.45) is 23.2 Å². The molecule has 3 aromatic rings. The molecule has 0 saturated heterocycles. The lowest BCUT2D eigenvalue weighted by Gasteiger charge is -2.50. The van der Waals surface area contributed by atoms with Crippen LogP contribution in [0.4, 0.5) is 23.2 Å². The maximum absolute atomic E-state index is 14.4. The molecule has 0 radical (unpaired) electrons. The van der Waals surface area contributed by atoms with Crippen LogP contribution in [0.5, 0.6) is 11.5 Å². The molecular weight excluding hydrogens is 550 g/mol. The standard InChI is InChI=1S/C32H31F4N3O3/c1-31-16-18-17-37-39(22-8-5-20(33)6-9-22)26(18)14-19(31)4-10-23-24(31)11-12-25(32(34,35)36)29(23)30(40)38-21-7-13-27(41-2)28(15-21)42-3/h5-9,11,13-15,17,23,25,29H,4,10,12,16H2,1-3H3,(H,38,40)/t23-,25+,29+,31-/m0/s1. The molecule has 0 unspecified atom stereocenters. The molecule has 1 N–H and O–H groups in total. The molecule has 42 heavy (non-hydrogen) atoms. The molecule has 1 saturated carbocycles. The summed E-state index contributed by atoms with van der Waals surface area (Å²) in [5, 5.41) is 7.29. The Morgan fingerprint density at radius 2 is 1.83 bits per heavy atom. The van der Waals surface area contributed by atoms with Gasteiger partial charge in [0.05, 0.1) is 43.6 Å². The van der Waals surface area contributed by atoms with Crippen molar-refractivity contribution < 1.29 is 31.8 Å². The summed E-state index contributed by atoms with van der Waals surface area (Å²) in [5.74, 6) is -3.81. The number of benzene rings is 2. The maximum atomic E-state index is 14.4. The highest BCUT2D eigenvalue weighted by molar-refractivity contribution is 5.94. The highest BCUT2D eigenvalue weighted by Crippen LogP contribution is 2.59. The molecule has 10 heteroatoms. The predicted octanol–water partition coefficient (Wildman–Crippen LogP) is 7.15. The van der Waals surface area contributed by atoms with E-state index in [0.29, 0.717) is 36.4 Å². The summed E-state index contributed by atoms with van der Waals surface area (Å²) < 4.78 is 69.0. The largest absolute Gasteiger partial charge is 0.493 e. The normalized spacial score (nSPS) is 24.9. The molecule has 1 heterocycles. The van der Waals surface area contributed by atoms with Crippen molar-refractivity contribution in [3.63, 3.8) is 0 Å². The highest BCUT2D eigenvalue weighted by atomic mass is 19.4. The molecule has 0 spiro atoms. The number of allylic oxidation sites excluding steroid dienone is 3. The molecule has 0 aliphatic heterocycles. The van der Waals surface area contributed by atoms with E-state index in [0.717, 1.165) is 28.1 Å². The zero-order valence-electron chi connectivity index (χ0n) is 23.5. The van der Waals surface area contributed by atoms with Gasteiger partial charge >= 0.3 is 6.18 Å². The number of hydrogen-bond donors (Lipinski definition) is 1. The van der Waals surface area contributed by atoms with E-state index < -0.39 is 35.3 Å². The van der Waals surface area contributed by atoms with Gasteiger partial charge in [0.1, 0.15) is 5.82 Å². The zero-order valence-corrected chi connectivity index (χ0v) is 23.5. The quantitative estimate of drug-likeness (QED) is 0.257. The number of rotatable bonds is 5. The number of carbonyl (C=O) groups is 1. The van der Waals surface area contributed by atoms with E-state index in [1.54, 1.807) is 47.3 Å². The number of nitrogens with zero attached hydrogens (tertiary/aromatic N) is 2. The van der Waals surface area contributed by atoms with Gasteiger partial charge in [-0.3, -0.25) is 4.79 Å². The van der Waals surface area contributed by atoms with E-state index in [1.165, 1.54) is 26.4 Å². The van der Waals surface area contributed by atoms with Crippen molar-refractivity contribution in [1.29, 1.82) is 0 Å². The van der Waals surface area contributed by atoms with Gasteiger partial charge in [-0.1, -0.05) is 24.1 Å². The Kier molecular flexibility index (Phi) is 6.90. The van der Waals surface area contributed by atoms with Crippen molar-refractivity contribution >= 4 is 17.7 Å². The van der Waals surface area contributed by atoms with Crippen LogP contribution >= 0.6 is 0 Å². The van der Waals surface area contributed by atoms with Crippen LogP contribution in [0.2, 0.25) is 0 Å². The Labute approximate surface area is 241 Å². The minimum atomic E-state index is -4.53. The van der Waals surface area contributed by atoms with Gasteiger partial charge in [-0.05, 0) is 79.6 Å². The number of methoxy groups -OCH3 is 2. The molecular formula is C32H31F4N3O3. The monoisotopic (exact) mass is 581 g/mol. The maximum Gasteiger partial charge on any atom is 0.392 e. The highest BCUT2D eigenvalue weighted by Gasteiger charge is 2.56. The average molecular weight is 582 g/mol. The van der Waals surface area contributed by atoms with Crippen molar-refractivity contribution in [2.45, 2.75) is 38.8 Å². The zero-order chi connectivity index (χ0) is 29.8. The first kappa shape index (κ1) is 28.1. The first-order chi connectivity index (χ1) is 20.0. The Hall–Kier alpha value is -4.08. The second kappa shape index (κ2) is 10.3. The molecule has 6 nitrogen and oxygen atoms in total. The molecule has 2 aromatic carbocycles. The number of anilines is 1. The minimum Gasteiger partial charge on any atom is -0.493 e. The third kappa shape index (κ3) is 4.66. The lowest BCUT2D eigenvalue weighted by atomic mass is 9.54. The Morgan fingerprint density at radius 1 is 1.10 bits per heavy atom. The molecule has 0 bridgehead atoms. The molecule has 3 aliphatic carbocycles. The van der Waals surface area contributed by atoms with Gasteiger partial charge in [-0.2, -0.15) is 18.3 Å². The molecule has 1 aromatic heterocycles. The lowest BCUT2D eigenvalue weighted by Crippen LogP contribution is -2.49. The van der Waals surface area contributed by atoms with Gasteiger partial charge in [-0.15, -0.1) is 0 Å². The second-order valence-corrected chi connectivity index (χ2v) is 11.4. The number of aromatic nitrogens is 2. The molecule has 1 fully saturated rings. The van der Waals surface area contributed by atoms with Crippen LogP contribution in [0.1, 0.15) is 37.4 Å². The van der Waals surface area contributed by atoms with E-state index in [4.69, 9.17) is 9.47 Å². The Bertz CT molecular complexity index is 1590. The van der Waals surface area contributed by atoms with E-state index in [9.17, 15) is 22.4 Å². The van der Waals surface area contributed by atoms with Gasteiger partial charge in [0.15, 0.2) is 11.5 Å². The van der Waals surface area contributed by atoms with Gasteiger partial charge in [0.2, 0.25) is 5.91 Å². The fourth-order valence-corrected chi connectivity index (χ4v) is 7.07. The third-order valence-electron chi connectivity index (χ3n) is 9.12. The van der Waals surface area contributed by atoms with E-state index in [1.807, 2.05) is 0 Å². The fourth-order valence-electron chi connectivity index (χ4n) is 7.07. The van der Waals surface area contributed by atoms with Crippen LogP contribution < -0.4 is 14.8 Å². The summed E-state index contributed by atoms with van der Waals surface area (Å²) >= 11 is 0. The number of halogens is 4. The summed E-state index contributed by atoms with van der Waals surface area (Å²) in [5.41, 5.74) is 4.36.